The molecule has 0 nitrogen and oxygen atoms in total. The Balaban J connectivity index is 2.19. The maximum Gasteiger partial charge on any atom is -0.0318 e. The van der Waals surface area contributed by atoms with Crippen LogP contribution in [0.15, 0.2) is 0 Å². The molecule has 0 atom stereocenters. The molecule has 3 saturated carbocycles. The van der Waals surface area contributed by atoms with Gasteiger partial charge in [-0.1, -0.05) is 6.92 Å². The van der Waals surface area contributed by atoms with Crippen LogP contribution >= 0.6 is 0 Å². The van der Waals surface area contributed by atoms with E-state index in [9.17, 15) is 0 Å². The highest BCUT2D eigenvalue weighted by molar-refractivity contribution is 5.03. The fourth-order valence-corrected chi connectivity index (χ4v) is 1.91. The first-order valence-corrected chi connectivity index (χ1v) is 2.79. The predicted octanol–water partition coefficient (Wildman–Crippen LogP) is 1.81. The summed E-state index contributed by atoms with van der Waals surface area (Å²) < 4.78 is 0. The van der Waals surface area contributed by atoms with Gasteiger partial charge in [0.1, 0.15) is 0 Å². The van der Waals surface area contributed by atoms with Crippen LogP contribution < -0.4 is 0 Å². The van der Waals surface area contributed by atoms with E-state index in [0.717, 1.165) is 5.41 Å². The second-order valence-electron chi connectivity index (χ2n) is 3.29. The Kier molecular flexibility index (Phi) is 0.283. The van der Waals surface area contributed by atoms with E-state index in [1.54, 1.807) is 19.3 Å². The van der Waals surface area contributed by atoms with Gasteiger partial charge in [-0.25, -0.2) is 0 Å². The molecule has 6 heavy (non-hydrogen) atoms. The molecular weight excluding hydrogens is 72.1 g/mol. The molecular formula is C6H10. The van der Waals surface area contributed by atoms with Crippen LogP contribution in [0.2, 0.25) is 0 Å². The lowest BCUT2D eigenvalue weighted by Gasteiger charge is -2.60. The zero-order valence-corrected chi connectivity index (χ0v) is 4.20. The lowest BCUT2D eigenvalue weighted by atomic mass is 9.46. The molecule has 0 aromatic rings. The summed E-state index contributed by atoms with van der Waals surface area (Å²) in [6.07, 6.45) is 4.65. The van der Waals surface area contributed by atoms with Crippen molar-refractivity contribution < 1.29 is 0 Å². The van der Waals surface area contributed by atoms with E-state index in [-0.39, 0.29) is 0 Å². The van der Waals surface area contributed by atoms with E-state index in [4.69, 9.17) is 0 Å². The third kappa shape index (κ3) is 0.160. The minimum atomic E-state index is 0.866. The third-order valence-electron chi connectivity index (χ3n) is 2.34. The van der Waals surface area contributed by atoms with Gasteiger partial charge in [-0.05, 0) is 30.6 Å². The van der Waals surface area contributed by atoms with Gasteiger partial charge >= 0.3 is 0 Å². The molecule has 0 aliphatic heterocycles. The summed E-state index contributed by atoms with van der Waals surface area (Å²) in [7, 11) is 0. The smallest absolute Gasteiger partial charge is 0.0318 e. The van der Waals surface area contributed by atoms with Gasteiger partial charge < -0.3 is 0 Å². The van der Waals surface area contributed by atoms with Gasteiger partial charge in [0, 0.05) is 0 Å². The van der Waals surface area contributed by atoms with Crippen molar-refractivity contribution in [3.8, 4) is 0 Å². The van der Waals surface area contributed by atoms with Crippen molar-refractivity contribution in [2.75, 3.05) is 0 Å². The van der Waals surface area contributed by atoms with Gasteiger partial charge in [-0.2, -0.15) is 0 Å². The van der Waals surface area contributed by atoms with E-state index in [0.29, 0.717) is 0 Å². The Morgan fingerprint density at radius 3 is 1.67 bits per heavy atom. The molecule has 0 heteroatoms. The van der Waals surface area contributed by atoms with Gasteiger partial charge in [0.05, 0.1) is 0 Å². The molecule has 0 aromatic heterocycles. The molecule has 3 rings (SSSR count). The van der Waals surface area contributed by atoms with Crippen LogP contribution in [0.1, 0.15) is 26.2 Å². The fourth-order valence-electron chi connectivity index (χ4n) is 1.91. The summed E-state index contributed by atoms with van der Waals surface area (Å²) in [5, 5.41) is 0. The summed E-state index contributed by atoms with van der Waals surface area (Å²) in [4.78, 5) is 0. The molecule has 0 saturated heterocycles. The maximum absolute atomic E-state index is 2.40. The molecule has 0 unspecified atom stereocenters. The summed E-state index contributed by atoms with van der Waals surface area (Å²) in [5.41, 5.74) is 0.866. The highest BCUT2D eigenvalue weighted by Gasteiger charge is 2.52. The van der Waals surface area contributed by atoms with Gasteiger partial charge in [-0.15, -0.1) is 0 Å². The highest BCUT2D eigenvalue weighted by atomic mass is 14.6. The van der Waals surface area contributed by atoms with Crippen molar-refractivity contribution >= 4 is 0 Å². The standard InChI is InChI=1S/C6H10/c1-6-2-5(3-6)4-6/h5H,2-4H2,1H3. The Hall–Kier alpha value is 0. The fraction of sp³-hybridized carbons (Fsp3) is 1.00. The number of hydrogen-bond donors (Lipinski definition) is 0. The SMILES string of the molecule is CC12CC(C1)C2. The molecule has 0 amide bonds. The first kappa shape index (κ1) is 3.06. The van der Waals surface area contributed by atoms with Crippen LogP contribution in [0.4, 0.5) is 0 Å². The lowest BCUT2D eigenvalue weighted by molar-refractivity contribution is -0.0882. The van der Waals surface area contributed by atoms with Gasteiger partial charge in [0.15, 0.2) is 0 Å². The van der Waals surface area contributed by atoms with Crippen LogP contribution in [-0.2, 0) is 0 Å². The second-order valence-corrected chi connectivity index (χ2v) is 3.29. The van der Waals surface area contributed by atoms with E-state index in [1.807, 2.05) is 0 Å². The molecule has 0 heterocycles. The first-order chi connectivity index (χ1) is 2.79. The Bertz CT molecular complexity index is 67.0. The van der Waals surface area contributed by atoms with E-state index < -0.39 is 0 Å². The largest absolute Gasteiger partial charge is 0.0596 e. The summed E-state index contributed by atoms with van der Waals surface area (Å²) >= 11 is 0. The molecule has 0 radical (unpaired) electrons. The van der Waals surface area contributed by atoms with E-state index in [1.165, 1.54) is 5.92 Å². The lowest BCUT2D eigenvalue weighted by Crippen LogP contribution is -2.48. The quantitative estimate of drug-likeness (QED) is 0.418. The minimum Gasteiger partial charge on any atom is -0.0596 e. The molecule has 2 bridgehead atoms. The van der Waals surface area contributed by atoms with E-state index >= 15 is 0 Å². The monoisotopic (exact) mass is 82.1 g/mol. The average molecular weight is 82.1 g/mol. The Labute approximate surface area is 38.6 Å². The van der Waals surface area contributed by atoms with Crippen molar-refractivity contribution in [3.05, 3.63) is 0 Å². The van der Waals surface area contributed by atoms with Crippen LogP contribution in [0, 0.1) is 11.3 Å². The topological polar surface area (TPSA) is 0 Å². The molecule has 34 valence electrons. The second kappa shape index (κ2) is 0.556. The van der Waals surface area contributed by atoms with Gasteiger partial charge in [0.2, 0.25) is 0 Å². The normalized spacial score (nSPS) is 62.5. The van der Waals surface area contributed by atoms with Crippen LogP contribution in [0.5, 0.6) is 0 Å². The molecule has 0 spiro atoms. The molecule has 3 aliphatic rings. The van der Waals surface area contributed by atoms with Crippen molar-refractivity contribution in [3.63, 3.8) is 0 Å². The van der Waals surface area contributed by atoms with Crippen molar-refractivity contribution in [1.82, 2.24) is 0 Å². The van der Waals surface area contributed by atoms with Crippen LogP contribution in [0.25, 0.3) is 0 Å². The van der Waals surface area contributed by atoms with Crippen molar-refractivity contribution in [2.24, 2.45) is 11.3 Å². The first-order valence-electron chi connectivity index (χ1n) is 2.79. The van der Waals surface area contributed by atoms with Crippen LogP contribution in [-0.4, -0.2) is 0 Å². The van der Waals surface area contributed by atoms with Crippen molar-refractivity contribution in [1.29, 1.82) is 0 Å². The molecule has 3 fully saturated rings. The average Bonchev–Trinajstić information content (AvgIpc) is 1.24. The van der Waals surface area contributed by atoms with Gasteiger partial charge in [0.25, 0.3) is 0 Å². The highest BCUT2D eigenvalue weighted by Crippen LogP contribution is 2.63. The summed E-state index contributed by atoms with van der Waals surface area (Å²) in [6.45, 7) is 2.40. The van der Waals surface area contributed by atoms with Crippen LogP contribution in [0.3, 0.4) is 0 Å². The predicted molar refractivity (Wildman–Crippen MR) is 25.4 cm³/mol. The third-order valence-corrected chi connectivity index (χ3v) is 2.34. The number of rotatable bonds is 0. The Morgan fingerprint density at radius 2 is 1.67 bits per heavy atom. The van der Waals surface area contributed by atoms with Gasteiger partial charge in [-0.3, -0.25) is 0 Å². The Morgan fingerprint density at radius 1 is 1.33 bits per heavy atom. The number of hydrogen-bond acceptors (Lipinski definition) is 0. The molecule has 0 aromatic carbocycles. The molecule has 3 aliphatic carbocycles. The summed E-state index contributed by atoms with van der Waals surface area (Å²) in [6, 6.07) is 0. The minimum absolute atomic E-state index is 0.866. The summed E-state index contributed by atoms with van der Waals surface area (Å²) in [5.74, 6) is 1.18. The zero-order valence-electron chi connectivity index (χ0n) is 4.20. The molecule has 0 N–H and O–H groups in total. The van der Waals surface area contributed by atoms with E-state index in [2.05, 4.69) is 6.92 Å². The van der Waals surface area contributed by atoms with Crippen molar-refractivity contribution in [2.45, 2.75) is 26.2 Å². The zero-order chi connectivity index (χ0) is 4.20. The maximum atomic E-state index is 2.40.